The molecule has 2 saturated heterocycles. The van der Waals surface area contributed by atoms with Crippen LogP contribution in [0.5, 0.6) is 0 Å². The van der Waals surface area contributed by atoms with Crippen LogP contribution in [0.25, 0.3) is 11.3 Å². The molecule has 7 nitrogen and oxygen atoms in total. The summed E-state index contributed by atoms with van der Waals surface area (Å²) in [7, 11) is 1.61. The Labute approximate surface area is 178 Å². The number of anilines is 1. The van der Waals surface area contributed by atoms with Gasteiger partial charge in [-0.2, -0.15) is 0 Å². The molecule has 1 unspecified atom stereocenters. The summed E-state index contributed by atoms with van der Waals surface area (Å²) in [5.41, 5.74) is 6.12. The van der Waals surface area contributed by atoms with Crippen molar-refractivity contribution in [3.05, 3.63) is 47.7 Å². The zero-order chi connectivity index (χ0) is 22.4. The molecular weight excluding hydrogens is 406 g/mol. The molecular formula is C22H22F2N4O3. The van der Waals surface area contributed by atoms with Crippen LogP contribution < -0.4 is 10.6 Å². The van der Waals surface area contributed by atoms with E-state index in [0.717, 1.165) is 0 Å². The smallest absolute Gasteiger partial charge is 0.282 e. The number of aliphatic hydroxyl groups excluding tert-OH is 1. The lowest BCUT2D eigenvalue weighted by Crippen LogP contribution is -2.56. The van der Waals surface area contributed by atoms with Crippen molar-refractivity contribution in [2.75, 3.05) is 31.6 Å². The number of carbonyl (C=O) groups is 1. The van der Waals surface area contributed by atoms with Gasteiger partial charge in [0.2, 0.25) is 5.60 Å². The predicted octanol–water partition coefficient (Wildman–Crippen LogP) is 1.10. The first-order valence-corrected chi connectivity index (χ1v) is 9.76. The molecule has 9 heteroatoms. The number of nitrogens with two attached hydrogens (primary N) is 1. The highest BCUT2D eigenvalue weighted by Crippen LogP contribution is 2.34. The molecule has 4 rings (SSSR count). The fourth-order valence-corrected chi connectivity index (χ4v) is 3.62. The lowest BCUT2D eigenvalue weighted by Gasteiger charge is -2.40. The van der Waals surface area contributed by atoms with E-state index in [1.54, 1.807) is 37.4 Å². The van der Waals surface area contributed by atoms with Crippen molar-refractivity contribution in [1.29, 1.82) is 0 Å². The number of halogens is 2. The van der Waals surface area contributed by atoms with E-state index in [1.165, 1.54) is 15.9 Å². The minimum atomic E-state index is -2.74. The molecule has 1 aromatic carbocycles. The molecule has 0 spiro atoms. The van der Waals surface area contributed by atoms with Crippen LogP contribution in [0.4, 0.5) is 14.5 Å². The van der Waals surface area contributed by atoms with Gasteiger partial charge in [0.25, 0.3) is 11.8 Å². The number of hydrogen-bond donors (Lipinski definition) is 3. The van der Waals surface area contributed by atoms with Gasteiger partial charge in [-0.3, -0.25) is 4.79 Å². The second-order valence-corrected chi connectivity index (χ2v) is 7.96. The number of aliphatic hydroxyl groups is 2. The topological polar surface area (TPSA) is 103 Å². The molecule has 3 heterocycles. The van der Waals surface area contributed by atoms with Crippen molar-refractivity contribution in [3.63, 3.8) is 0 Å². The van der Waals surface area contributed by atoms with Crippen molar-refractivity contribution in [1.82, 2.24) is 9.88 Å². The van der Waals surface area contributed by atoms with Crippen LogP contribution in [0.3, 0.4) is 0 Å². The Bertz CT molecular complexity index is 1090. The molecule has 0 saturated carbocycles. The fourth-order valence-electron chi connectivity index (χ4n) is 3.62. The first-order chi connectivity index (χ1) is 14.6. The van der Waals surface area contributed by atoms with E-state index in [1.807, 2.05) is 0 Å². The Morgan fingerprint density at radius 3 is 2.61 bits per heavy atom. The summed E-state index contributed by atoms with van der Waals surface area (Å²) in [4.78, 5) is 19.4. The Morgan fingerprint density at radius 2 is 2.00 bits per heavy atom. The van der Waals surface area contributed by atoms with Crippen molar-refractivity contribution in [2.45, 2.75) is 24.2 Å². The predicted molar refractivity (Wildman–Crippen MR) is 110 cm³/mol. The quantitative estimate of drug-likeness (QED) is 0.500. The molecule has 1 aromatic heterocycles. The molecule has 2 aliphatic heterocycles. The van der Waals surface area contributed by atoms with Crippen molar-refractivity contribution < 1.29 is 23.8 Å². The number of pyridine rings is 1. The minimum absolute atomic E-state index is 0.160. The third-order valence-electron chi connectivity index (χ3n) is 5.42. The van der Waals surface area contributed by atoms with Gasteiger partial charge in [-0.25, -0.2) is 13.8 Å². The largest absolute Gasteiger partial charge is 0.373 e. The van der Waals surface area contributed by atoms with Gasteiger partial charge in [0.05, 0.1) is 24.5 Å². The standard InChI is InChI=1S/C22H22F2N4O3/c1-27-8-7-21(31,20(27)30)6-5-14-3-2-4-15(9-14)17-10-16(11-18(26-17)19(25)29)28-12-22(23,24)13-28/h2-4,9-11,19,29,31H,7-8,12-13,25H2,1H3/t19?,21-/m0/s1. The van der Waals surface area contributed by atoms with Crippen LogP contribution >= 0.6 is 0 Å². The fraction of sp³-hybridized carbons (Fsp3) is 0.364. The maximum atomic E-state index is 13.3. The number of likely N-dealkylation sites (tertiary alicyclic amines) is 1. The SMILES string of the molecule is CN1CC[C@@](O)(C#Cc2cccc(-c3cc(N4CC(F)(F)C4)cc(C(N)O)n3)c2)C1=O. The highest BCUT2D eigenvalue weighted by Gasteiger charge is 2.44. The highest BCUT2D eigenvalue weighted by molar-refractivity contribution is 5.90. The van der Waals surface area contributed by atoms with Crippen molar-refractivity contribution in [2.24, 2.45) is 5.73 Å². The van der Waals surface area contributed by atoms with Crippen LogP contribution in [0.15, 0.2) is 36.4 Å². The Morgan fingerprint density at radius 1 is 1.26 bits per heavy atom. The Balaban J connectivity index is 1.66. The Hall–Kier alpha value is -3.06. The number of carbonyl (C=O) groups excluding carboxylic acids is 1. The maximum Gasteiger partial charge on any atom is 0.282 e. The summed E-state index contributed by atoms with van der Waals surface area (Å²) in [6, 6.07) is 10.1. The number of amides is 1. The van der Waals surface area contributed by atoms with E-state index in [-0.39, 0.29) is 12.1 Å². The van der Waals surface area contributed by atoms with E-state index in [0.29, 0.717) is 29.1 Å². The van der Waals surface area contributed by atoms with Gasteiger partial charge in [0, 0.05) is 36.8 Å². The van der Waals surface area contributed by atoms with Gasteiger partial charge < -0.3 is 25.7 Å². The number of likely N-dealkylation sites (N-methyl/N-ethyl adjacent to an activating group) is 1. The number of rotatable bonds is 3. The highest BCUT2D eigenvalue weighted by atomic mass is 19.3. The first-order valence-electron chi connectivity index (χ1n) is 9.76. The van der Waals surface area contributed by atoms with Crippen LogP contribution in [-0.4, -0.2) is 64.2 Å². The minimum Gasteiger partial charge on any atom is -0.373 e. The van der Waals surface area contributed by atoms with E-state index in [2.05, 4.69) is 16.8 Å². The first kappa shape index (κ1) is 21.2. The van der Waals surface area contributed by atoms with Crippen molar-refractivity contribution in [3.8, 4) is 23.1 Å². The summed E-state index contributed by atoms with van der Waals surface area (Å²) in [5, 5.41) is 20.3. The van der Waals surface area contributed by atoms with Crippen LogP contribution in [0.1, 0.15) is 23.9 Å². The average Bonchev–Trinajstić information content (AvgIpc) is 2.98. The summed E-state index contributed by atoms with van der Waals surface area (Å²) in [5.74, 6) is 2.32. The van der Waals surface area contributed by atoms with Crippen LogP contribution in [0.2, 0.25) is 0 Å². The second kappa shape index (κ2) is 7.57. The summed E-state index contributed by atoms with van der Waals surface area (Å²) in [6.07, 6.45) is -1.13. The molecule has 0 aliphatic carbocycles. The maximum absolute atomic E-state index is 13.3. The summed E-state index contributed by atoms with van der Waals surface area (Å²) < 4.78 is 26.6. The van der Waals surface area contributed by atoms with E-state index in [9.17, 15) is 23.8 Å². The molecule has 2 aromatic rings. The van der Waals surface area contributed by atoms with Gasteiger partial charge in [-0.15, -0.1) is 0 Å². The lowest BCUT2D eigenvalue weighted by molar-refractivity contribution is -0.137. The average molecular weight is 428 g/mol. The third-order valence-corrected chi connectivity index (χ3v) is 5.42. The van der Waals surface area contributed by atoms with Gasteiger partial charge in [0.15, 0.2) is 0 Å². The van der Waals surface area contributed by atoms with Gasteiger partial charge in [-0.05, 0) is 24.3 Å². The van der Waals surface area contributed by atoms with E-state index >= 15 is 0 Å². The number of hydrogen-bond acceptors (Lipinski definition) is 6. The van der Waals surface area contributed by atoms with Gasteiger partial charge in [-0.1, -0.05) is 24.0 Å². The molecule has 1 amide bonds. The van der Waals surface area contributed by atoms with Crippen molar-refractivity contribution >= 4 is 11.6 Å². The number of benzene rings is 1. The molecule has 162 valence electrons. The lowest BCUT2D eigenvalue weighted by atomic mass is 10.0. The zero-order valence-electron chi connectivity index (χ0n) is 16.8. The number of aromatic nitrogens is 1. The second-order valence-electron chi connectivity index (χ2n) is 7.96. The molecule has 4 N–H and O–H groups in total. The molecule has 31 heavy (non-hydrogen) atoms. The van der Waals surface area contributed by atoms with E-state index < -0.39 is 36.7 Å². The monoisotopic (exact) mass is 428 g/mol. The number of alkyl halides is 2. The zero-order valence-corrected chi connectivity index (χ0v) is 16.8. The van der Waals surface area contributed by atoms with Crippen LogP contribution in [-0.2, 0) is 4.79 Å². The summed E-state index contributed by atoms with van der Waals surface area (Å²) in [6.45, 7) is -0.396. The molecule has 2 atom stereocenters. The van der Waals surface area contributed by atoms with Gasteiger partial charge in [0.1, 0.15) is 6.23 Å². The van der Waals surface area contributed by atoms with Gasteiger partial charge >= 0.3 is 0 Å². The molecule has 0 radical (unpaired) electrons. The normalized spacial score (nSPS) is 23.2. The molecule has 2 aliphatic rings. The summed E-state index contributed by atoms with van der Waals surface area (Å²) >= 11 is 0. The number of nitrogens with zero attached hydrogens (tertiary/aromatic N) is 3. The third kappa shape index (κ3) is 4.23. The molecule has 0 bridgehead atoms. The van der Waals surface area contributed by atoms with E-state index in [4.69, 9.17) is 5.73 Å². The van der Waals surface area contributed by atoms with Crippen LogP contribution in [0, 0.1) is 11.8 Å². The Kier molecular flexibility index (Phi) is 5.17. The molecule has 2 fully saturated rings.